The molecular weight excluding hydrogens is 647 g/mol. The van der Waals surface area contributed by atoms with E-state index in [2.05, 4.69) is 20.3 Å². The largest absolute Gasteiger partial charge is 0.493 e. The van der Waals surface area contributed by atoms with E-state index >= 15 is 0 Å². The lowest BCUT2D eigenvalue weighted by Crippen LogP contribution is -2.40. The van der Waals surface area contributed by atoms with Gasteiger partial charge in [0, 0.05) is 12.1 Å². The molecule has 0 fully saturated rings. The number of carbonyl (C=O) groups is 3. The van der Waals surface area contributed by atoms with Crippen LogP contribution < -0.4 is 30.6 Å². The number of carboxylic acids is 1. The number of hydrogen-bond acceptors (Lipinski definition) is 8. The molecule has 0 saturated heterocycles. The molecule has 0 radical (unpaired) electrons. The van der Waals surface area contributed by atoms with E-state index in [1.165, 1.54) is 33.4 Å². The zero-order chi connectivity index (χ0) is 35.4. The molecule has 17 heteroatoms. The van der Waals surface area contributed by atoms with Gasteiger partial charge in [0.05, 0.1) is 25.5 Å². The molecule has 3 rings (SSSR count). The lowest BCUT2D eigenvalue weighted by molar-refractivity contribution is -0.192. The summed E-state index contributed by atoms with van der Waals surface area (Å²) in [5.74, 6) is -2.93. The maximum Gasteiger partial charge on any atom is 0.490 e. The van der Waals surface area contributed by atoms with Gasteiger partial charge >= 0.3 is 12.1 Å². The average Bonchev–Trinajstić information content (AvgIpc) is 3.01. The molecule has 0 bridgehead atoms. The Balaban J connectivity index is 0.000000984. The number of nitrogens with one attached hydrogen (secondary N) is 3. The summed E-state index contributed by atoms with van der Waals surface area (Å²) in [6.07, 6.45) is -4.91. The topological polar surface area (TPSA) is 199 Å². The molecule has 3 aromatic carbocycles. The van der Waals surface area contributed by atoms with Crippen molar-refractivity contribution in [2.24, 2.45) is 10.7 Å². The number of nitrogens with zero attached hydrogens (tertiary/aromatic N) is 1. The number of ether oxygens (including phenoxy) is 2. The Bertz CT molecular complexity index is 1700. The Morgan fingerprint density at radius 1 is 0.957 bits per heavy atom. The molecule has 1 atom stereocenters. The fourth-order valence-corrected chi connectivity index (χ4v) is 4.59. The molecule has 254 valence electrons. The van der Waals surface area contributed by atoms with Crippen LogP contribution >= 0.6 is 0 Å². The van der Waals surface area contributed by atoms with Crippen LogP contribution in [0.4, 0.5) is 18.9 Å². The second kappa shape index (κ2) is 17.0. The monoisotopic (exact) mass is 681 g/mol. The number of aliphatic carboxylic acids is 1. The summed E-state index contributed by atoms with van der Waals surface area (Å²) in [5, 5.41) is 12.4. The van der Waals surface area contributed by atoms with Crippen molar-refractivity contribution < 1.29 is 50.6 Å². The van der Waals surface area contributed by atoms with Gasteiger partial charge in [-0.1, -0.05) is 42.5 Å². The molecule has 0 aliphatic carbocycles. The van der Waals surface area contributed by atoms with Gasteiger partial charge in [-0.3, -0.25) is 14.9 Å². The van der Waals surface area contributed by atoms with E-state index in [1.807, 2.05) is 30.3 Å². The fraction of sp³-hybridized carbons (Fsp3) is 0.267. The third-order valence-electron chi connectivity index (χ3n) is 6.24. The Morgan fingerprint density at radius 3 is 2.13 bits per heavy atom. The van der Waals surface area contributed by atoms with Crippen LogP contribution in [0.1, 0.15) is 16.7 Å². The zero-order valence-corrected chi connectivity index (χ0v) is 26.5. The number of hydrogen-bond donors (Lipinski definition) is 5. The van der Waals surface area contributed by atoms with E-state index < -0.39 is 40.0 Å². The molecule has 0 spiro atoms. The van der Waals surface area contributed by atoms with Crippen molar-refractivity contribution in [1.29, 1.82) is 0 Å². The molecule has 47 heavy (non-hydrogen) atoms. The van der Waals surface area contributed by atoms with Gasteiger partial charge in [0.25, 0.3) is 0 Å². The normalized spacial score (nSPS) is 12.2. The summed E-state index contributed by atoms with van der Waals surface area (Å²) in [7, 11) is 0.607. The molecular formula is C30H34F3N5O8S. The molecule has 0 aliphatic rings. The first-order valence-electron chi connectivity index (χ1n) is 13.5. The van der Waals surface area contributed by atoms with E-state index in [4.69, 9.17) is 25.1 Å². The Labute approximate surface area is 269 Å². The number of methoxy groups -OCH3 is 2. The van der Waals surface area contributed by atoms with Crippen LogP contribution in [0.2, 0.25) is 0 Å². The van der Waals surface area contributed by atoms with Gasteiger partial charge in [0.1, 0.15) is 6.04 Å². The molecule has 2 amide bonds. The number of sulfonamides is 1. The Kier molecular flexibility index (Phi) is 13.7. The molecule has 6 N–H and O–H groups in total. The number of aliphatic imine (C=N–C) groups is 1. The van der Waals surface area contributed by atoms with Crippen LogP contribution in [-0.2, 0) is 37.2 Å². The van der Waals surface area contributed by atoms with Gasteiger partial charge in [-0.05, 0) is 54.9 Å². The standard InChI is InChI=1S/C28H33N5O6S.C2HF3O2/c1-18-10-12-21(40(36,37)30-2)17-22(18)31-27(35)23(14-19-8-6-5-7-9-19)32-28(29)33-26(34)16-20-11-13-24(38-3)25(15-20)39-4;3-2(4,5)1(6)7/h5-13,15,17,23,30H,14,16H2,1-4H3,(H,31,35)(H3,29,32,33,34);(H,6,7)/t23-;/m1./s1. The SMILES string of the molecule is CNS(=O)(=O)c1ccc(C)c(NC(=O)[C@@H](Cc2ccccc2)N=C(N)NC(=O)Cc2ccc(OC)c(OC)c2)c1.O=C(O)C(F)(F)F. The zero-order valence-electron chi connectivity index (χ0n) is 25.7. The van der Waals surface area contributed by atoms with Crippen molar-refractivity contribution in [1.82, 2.24) is 10.0 Å². The minimum absolute atomic E-state index is 0.000880. The van der Waals surface area contributed by atoms with Crippen molar-refractivity contribution in [3.63, 3.8) is 0 Å². The molecule has 0 saturated carbocycles. The van der Waals surface area contributed by atoms with Crippen LogP contribution in [0, 0.1) is 6.92 Å². The molecule has 3 aromatic rings. The molecule has 0 heterocycles. The molecule has 0 aliphatic heterocycles. The van der Waals surface area contributed by atoms with Gasteiger partial charge in [-0.25, -0.2) is 22.9 Å². The maximum absolute atomic E-state index is 13.4. The Morgan fingerprint density at radius 2 is 1.57 bits per heavy atom. The number of carboxylic acid groups (broad SMARTS) is 1. The second-order valence-corrected chi connectivity index (χ2v) is 11.5. The van der Waals surface area contributed by atoms with Crippen LogP contribution in [0.3, 0.4) is 0 Å². The van der Waals surface area contributed by atoms with E-state index in [0.29, 0.717) is 28.3 Å². The summed E-state index contributed by atoms with van der Waals surface area (Å²) in [5.41, 5.74) is 8.50. The predicted molar refractivity (Wildman–Crippen MR) is 167 cm³/mol. The van der Waals surface area contributed by atoms with Gasteiger partial charge in [0.15, 0.2) is 17.5 Å². The van der Waals surface area contributed by atoms with E-state index in [1.54, 1.807) is 31.2 Å². The number of aryl methyl sites for hydroxylation is 1. The number of rotatable bonds is 11. The van der Waals surface area contributed by atoms with Gasteiger partial charge < -0.3 is 25.6 Å². The first-order chi connectivity index (χ1) is 22.0. The minimum atomic E-state index is -5.08. The van der Waals surface area contributed by atoms with Crippen LogP contribution in [0.25, 0.3) is 0 Å². The van der Waals surface area contributed by atoms with E-state index in [9.17, 15) is 31.2 Å². The van der Waals surface area contributed by atoms with Crippen molar-refractivity contribution in [3.05, 3.63) is 83.4 Å². The first kappa shape index (κ1) is 38.0. The number of halogens is 3. The molecule has 13 nitrogen and oxygen atoms in total. The fourth-order valence-electron chi connectivity index (χ4n) is 3.83. The third kappa shape index (κ3) is 11.9. The lowest BCUT2D eigenvalue weighted by Gasteiger charge is -2.17. The molecule has 0 unspecified atom stereocenters. The lowest BCUT2D eigenvalue weighted by atomic mass is 10.1. The van der Waals surface area contributed by atoms with Crippen molar-refractivity contribution in [3.8, 4) is 11.5 Å². The van der Waals surface area contributed by atoms with E-state index in [-0.39, 0.29) is 23.7 Å². The highest BCUT2D eigenvalue weighted by Crippen LogP contribution is 2.27. The predicted octanol–water partition coefficient (Wildman–Crippen LogP) is 2.78. The van der Waals surface area contributed by atoms with Crippen LogP contribution in [0.15, 0.2) is 76.6 Å². The number of carbonyl (C=O) groups excluding carboxylic acids is 2. The highest BCUT2D eigenvalue weighted by atomic mass is 32.2. The van der Waals surface area contributed by atoms with Crippen molar-refractivity contribution in [2.45, 2.75) is 36.9 Å². The number of guanidine groups is 1. The van der Waals surface area contributed by atoms with Crippen molar-refractivity contribution in [2.75, 3.05) is 26.6 Å². The number of amides is 2. The summed E-state index contributed by atoms with van der Waals surface area (Å²) >= 11 is 0. The maximum atomic E-state index is 13.4. The third-order valence-corrected chi connectivity index (χ3v) is 7.65. The first-order valence-corrected chi connectivity index (χ1v) is 15.0. The van der Waals surface area contributed by atoms with Crippen molar-refractivity contribution >= 4 is 39.5 Å². The van der Waals surface area contributed by atoms with Crippen LogP contribution in [0.5, 0.6) is 11.5 Å². The number of anilines is 1. The quantitative estimate of drug-likeness (QED) is 0.149. The van der Waals surface area contributed by atoms with Crippen LogP contribution in [-0.4, -0.2) is 70.8 Å². The van der Waals surface area contributed by atoms with Gasteiger partial charge in [-0.15, -0.1) is 0 Å². The average molecular weight is 682 g/mol. The van der Waals surface area contributed by atoms with E-state index in [0.717, 1.165) is 5.56 Å². The smallest absolute Gasteiger partial charge is 0.490 e. The number of alkyl halides is 3. The molecule has 0 aromatic heterocycles. The number of benzene rings is 3. The van der Waals surface area contributed by atoms with Gasteiger partial charge in [-0.2, -0.15) is 13.2 Å². The number of nitrogens with two attached hydrogens (primary N) is 1. The summed E-state index contributed by atoms with van der Waals surface area (Å²) in [4.78, 5) is 39.2. The van der Waals surface area contributed by atoms with Gasteiger partial charge in [0.2, 0.25) is 21.8 Å². The highest BCUT2D eigenvalue weighted by Gasteiger charge is 2.38. The summed E-state index contributed by atoms with van der Waals surface area (Å²) in [6, 6.07) is 17.7. The Hall–Kier alpha value is -5.16. The minimum Gasteiger partial charge on any atom is -0.493 e. The highest BCUT2D eigenvalue weighted by molar-refractivity contribution is 7.89. The summed E-state index contributed by atoms with van der Waals surface area (Å²) in [6.45, 7) is 1.74. The second-order valence-electron chi connectivity index (χ2n) is 9.61. The summed E-state index contributed by atoms with van der Waals surface area (Å²) < 4.78 is 69.0.